The molecule has 2 rings (SSSR count). The molecule has 1 unspecified atom stereocenters. The maximum Gasteiger partial charge on any atom is 0.208 e. The van der Waals surface area contributed by atoms with E-state index in [1.54, 1.807) is 6.07 Å². The highest BCUT2D eigenvalue weighted by Crippen LogP contribution is 2.33. The lowest BCUT2D eigenvalue weighted by atomic mass is 10.2. The molecule has 20 heavy (non-hydrogen) atoms. The highest BCUT2D eigenvalue weighted by atomic mass is 32.1. The third-order valence-electron chi connectivity index (χ3n) is 2.88. The van der Waals surface area contributed by atoms with Crippen LogP contribution in [0.2, 0.25) is 0 Å². The first-order valence-electron chi connectivity index (χ1n) is 6.30. The Bertz CT molecular complexity index is 586. The van der Waals surface area contributed by atoms with Crippen molar-refractivity contribution in [2.75, 3.05) is 18.5 Å². The zero-order valence-electron chi connectivity index (χ0n) is 11.4. The molecular formula is C13H18N4O2S. The van der Waals surface area contributed by atoms with E-state index in [2.05, 4.69) is 10.2 Å². The van der Waals surface area contributed by atoms with Crippen LogP contribution in [-0.2, 0) is 0 Å². The van der Waals surface area contributed by atoms with E-state index < -0.39 is 0 Å². The van der Waals surface area contributed by atoms with Crippen LogP contribution >= 0.6 is 11.3 Å². The fourth-order valence-electron chi connectivity index (χ4n) is 1.64. The summed E-state index contributed by atoms with van der Waals surface area (Å²) in [5, 5.41) is 28.5. The molecule has 108 valence electrons. The number of benzene rings is 1. The molecule has 6 nitrogen and oxygen atoms in total. The summed E-state index contributed by atoms with van der Waals surface area (Å²) in [7, 11) is 1.95. The molecule has 0 radical (unpaired) electrons. The van der Waals surface area contributed by atoms with Gasteiger partial charge >= 0.3 is 0 Å². The summed E-state index contributed by atoms with van der Waals surface area (Å²) in [5.74, 6) is -0.308. The Kier molecular flexibility index (Phi) is 4.41. The molecule has 0 amide bonds. The summed E-state index contributed by atoms with van der Waals surface area (Å²) < 4.78 is 0. The zero-order valence-corrected chi connectivity index (χ0v) is 12.3. The smallest absolute Gasteiger partial charge is 0.208 e. The van der Waals surface area contributed by atoms with Crippen LogP contribution in [-0.4, -0.2) is 40.0 Å². The Morgan fingerprint density at radius 3 is 2.70 bits per heavy atom. The average Bonchev–Trinajstić information content (AvgIpc) is 2.89. The Morgan fingerprint density at radius 2 is 2.05 bits per heavy atom. The zero-order chi connectivity index (χ0) is 14.7. The third kappa shape index (κ3) is 3.37. The second-order valence-corrected chi connectivity index (χ2v) is 5.74. The lowest BCUT2D eigenvalue weighted by Crippen LogP contribution is -2.25. The Balaban J connectivity index is 2.13. The van der Waals surface area contributed by atoms with E-state index >= 15 is 0 Å². The molecular weight excluding hydrogens is 276 g/mol. The molecule has 0 spiro atoms. The van der Waals surface area contributed by atoms with Gasteiger partial charge in [0.1, 0.15) is 5.01 Å². The number of phenolic OH excluding ortho intramolecular Hbond substituents is 2. The molecule has 0 aliphatic rings. The predicted molar refractivity (Wildman–Crippen MR) is 80.2 cm³/mol. The molecule has 4 N–H and O–H groups in total. The number of phenols is 2. The van der Waals surface area contributed by atoms with E-state index in [1.165, 1.54) is 23.5 Å². The van der Waals surface area contributed by atoms with Crippen LogP contribution in [0.1, 0.15) is 13.3 Å². The lowest BCUT2D eigenvalue weighted by molar-refractivity contribution is 0.404. The topological polar surface area (TPSA) is 95.5 Å². The van der Waals surface area contributed by atoms with Gasteiger partial charge < -0.3 is 20.8 Å². The van der Waals surface area contributed by atoms with Gasteiger partial charge in [-0.05, 0) is 31.5 Å². The van der Waals surface area contributed by atoms with Gasteiger partial charge in [-0.15, -0.1) is 10.2 Å². The number of aromatic hydroxyl groups is 2. The fraction of sp³-hybridized carbons (Fsp3) is 0.385. The first-order chi connectivity index (χ1) is 9.47. The summed E-state index contributed by atoms with van der Waals surface area (Å²) in [6, 6.07) is 4.76. The van der Waals surface area contributed by atoms with Crippen molar-refractivity contribution >= 4 is 16.5 Å². The van der Waals surface area contributed by atoms with Crippen LogP contribution in [0.25, 0.3) is 10.6 Å². The minimum atomic E-state index is -0.162. The van der Waals surface area contributed by atoms with Crippen molar-refractivity contribution in [2.24, 2.45) is 5.73 Å². The van der Waals surface area contributed by atoms with E-state index in [4.69, 9.17) is 5.73 Å². The second kappa shape index (κ2) is 6.06. The van der Waals surface area contributed by atoms with Crippen LogP contribution in [0.5, 0.6) is 11.5 Å². The summed E-state index contributed by atoms with van der Waals surface area (Å²) in [4.78, 5) is 2.00. The highest BCUT2D eigenvalue weighted by Gasteiger charge is 2.12. The normalized spacial score (nSPS) is 12.3. The number of nitrogens with zero attached hydrogens (tertiary/aromatic N) is 3. The van der Waals surface area contributed by atoms with Gasteiger partial charge in [0.15, 0.2) is 11.5 Å². The van der Waals surface area contributed by atoms with Crippen molar-refractivity contribution in [1.82, 2.24) is 10.2 Å². The van der Waals surface area contributed by atoms with Crippen LogP contribution in [0.3, 0.4) is 0 Å². The molecule has 0 bridgehead atoms. The van der Waals surface area contributed by atoms with Crippen molar-refractivity contribution in [3.05, 3.63) is 18.2 Å². The first-order valence-corrected chi connectivity index (χ1v) is 7.11. The summed E-state index contributed by atoms with van der Waals surface area (Å²) in [5.41, 5.74) is 6.46. The molecule has 1 aromatic heterocycles. The van der Waals surface area contributed by atoms with Crippen molar-refractivity contribution in [2.45, 2.75) is 19.4 Å². The first kappa shape index (κ1) is 14.5. The minimum Gasteiger partial charge on any atom is -0.504 e. The van der Waals surface area contributed by atoms with E-state index in [0.29, 0.717) is 5.01 Å². The SMILES string of the molecule is CC(N)CCN(C)c1nnc(-c2ccc(O)c(O)c2)s1. The molecule has 1 atom stereocenters. The molecule has 0 saturated carbocycles. The van der Waals surface area contributed by atoms with Gasteiger partial charge in [0, 0.05) is 25.2 Å². The van der Waals surface area contributed by atoms with Gasteiger partial charge in [0.2, 0.25) is 5.13 Å². The number of hydrogen-bond donors (Lipinski definition) is 3. The number of nitrogens with two attached hydrogens (primary N) is 1. The van der Waals surface area contributed by atoms with Gasteiger partial charge in [0.05, 0.1) is 0 Å². The molecule has 7 heteroatoms. The Labute approximate surface area is 121 Å². The van der Waals surface area contributed by atoms with Crippen molar-refractivity contribution in [3.63, 3.8) is 0 Å². The van der Waals surface area contributed by atoms with E-state index in [-0.39, 0.29) is 17.5 Å². The summed E-state index contributed by atoms with van der Waals surface area (Å²) in [6.45, 7) is 2.78. The van der Waals surface area contributed by atoms with Crippen LogP contribution in [0.4, 0.5) is 5.13 Å². The molecule has 1 heterocycles. The number of rotatable bonds is 5. The molecule has 0 fully saturated rings. The Morgan fingerprint density at radius 1 is 1.30 bits per heavy atom. The standard InChI is InChI=1S/C13H18N4O2S/c1-8(14)5-6-17(2)13-16-15-12(20-13)9-3-4-10(18)11(19)7-9/h3-4,7-8,18-19H,5-6,14H2,1-2H3. The predicted octanol–water partition coefficient (Wildman–Crippen LogP) is 1.79. The van der Waals surface area contributed by atoms with E-state index in [9.17, 15) is 10.2 Å². The maximum atomic E-state index is 9.50. The monoisotopic (exact) mass is 294 g/mol. The quantitative estimate of drug-likeness (QED) is 0.728. The highest BCUT2D eigenvalue weighted by molar-refractivity contribution is 7.18. The largest absolute Gasteiger partial charge is 0.504 e. The molecule has 1 aromatic carbocycles. The molecule has 0 saturated heterocycles. The molecule has 2 aromatic rings. The van der Waals surface area contributed by atoms with Crippen molar-refractivity contribution < 1.29 is 10.2 Å². The summed E-state index contributed by atoms with van der Waals surface area (Å²) >= 11 is 1.43. The lowest BCUT2D eigenvalue weighted by Gasteiger charge is -2.15. The number of aromatic nitrogens is 2. The van der Waals surface area contributed by atoms with Gasteiger partial charge in [-0.25, -0.2) is 0 Å². The molecule has 0 aliphatic heterocycles. The van der Waals surface area contributed by atoms with Crippen LogP contribution in [0.15, 0.2) is 18.2 Å². The second-order valence-electron chi connectivity index (χ2n) is 4.78. The fourth-order valence-corrected chi connectivity index (χ4v) is 2.46. The van der Waals surface area contributed by atoms with Crippen LogP contribution < -0.4 is 10.6 Å². The Hall–Kier alpha value is -1.86. The minimum absolute atomic E-state index is 0.146. The summed E-state index contributed by atoms with van der Waals surface area (Å²) in [6.07, 6.45) is 0.880. The van der Waals surface area contributed by atoms with Gasteiger partial charge in [-0.2, -0.15) is 0 Å². The third-order valence-corrected chi connectivity index (χ3v) is 3.97. The van der Waals surface area contributed by atoms with Gasteiger partial charge in [0.25, 0.3) is 0 Å². The number of hydrogen-bond acceptors (Lipinski definition) is 7. The van der Waals surface area contributed by atoms with Gasteiger partial charge in [-0.3, -0.25) is 0 Å². The molecule has 0 aliphatic carbocycles. The maximum absolute atomic E-state index is 9.50. The average molecular weight is 294 g/mol. The van der Waals surface area contributed by atoms with E-state index in [0.717, 1.165) is 23.7 Å². The van der Waals surface area contributed by atoms with Crippen molar-refractivity contribution in [3.8, 4) is 22.1 Å². The number of anilines is 1. The van der Waals surface area contributed by atoms with Gasteiger partial charge in [-0.1, -0.05) is 11.3 Å². The van der Waals surface area contributed by atoms with Crippen LogP contribution in [0, 0.1) is 0 Å². The van der Waals surface area contributed by atoms with Crippen molar-refractivity contribution in [1.29, 1.82) is 0 Å². The van der Waals surface area contributed by atoms with E-state index in [1.807, 2.05) is 18.9 Å².